The smallest absolute Gasteiger partial charge is 0.124 e. The van der Waals surface area contributed by atoms with Gasteiger partial charge in [0.1, 0.15) is 5.82 Å². The molecule has 0 aliphatic carbocycles. The van der Waals surface area contributed by atoms with E-state index in [-0.39, 0.29) is 11.9 Å². The van der Waals surface area contributed by atoms with Crippen LogP contribution in [0.3, 0.4) is 0 Å². The second-order valence-electron chi connectivity index (χ2n) is 4.06. The van der Waals surface area contributed by atoms with Gasteiger partial charge in [-0.15, -0.1) is 11.3 Å². The van der Waals surface area contributed by atoms with Gasteiger partial charge in [0, 0.05) is 22.0 Å². The number of fused-ring (bicyclic) bond motifs is 1. The van der Waals surface area contributed by atoms with Gasteiger partial charge >= 0.3 is 0 Å². The van der Waals surface area contributed by atoms with Gasteiger partial charge in [0.25, 0.3) is 0 Å². The zero-order chi connectivity index (χ0) is 13.2. The molecule has 0 saturated carbocycles. The van der Waals surface area contributed by atoms with Crippen molar-refractivity contribution in [2.45, 2.75) is 6.04 Å². The van der Waals surface area contributed by atoms with Gasteiger partial charge in [0.05, 0.1) is 17.9 Å². The summed E-state index contributed by atoms with van der Waals surface area (Å²) in [6, 6.07) is 6.47. The van der Waals surface area contributed by atoms with Gasteiger partial charge in [-0.1, -0.05) is 6.07 Å². The summed E-state index contributed by atoms with van der Waals surface area (Å²) in [7, 11) is 0. The molecule has 3 aromatic rings. The predicted octanol–water partition coefficient (Wildman–Crippen LogP) is 2.38. The third-order valence-corrected chi connectivity index (χ3v) is 3.99. The van der Waals surface area contributed by atoms with Crippen LogP contribution in [0.15, 0.2) is 42.9 Å². The van der Waals surface area contributed by atoms with E-state index < -0.39 is 0 Å². The van der Waals surface area contributed by atoms with Gasteiger partial charge in [0.15, 0.2) is 0 Å². The number of rotatable bonds is 3. The molecule has 0 aliphatic heterocycles. The van der Waals surface area contributed by atoms with Crippen molar-refractivity contribution in [2.75, 3.05) is 0 Å². The van der Waals surface area contributed by atoms with Gasteiger partial charge in [-0.2, -0.15) is 0 Å². The summed E-state index contributed by atoms with van der Waals surface area (Å²) >= 11 is 1.49. The zero-order valence-corrected chi connectivity index (χ0v) is 10.7. The molecule has 6 heteroatoms. The Morgan fingerprint density at radius 3 is 2.89 bits per heavy atom. The van der Waals surface area contributed by atoms with Crippen molar-refractivity contribution in [1.82, 2.24) is 15.4 Å². The molecule has 2 heterocycles. The first-order chi connectivity index (χ1) is 9.28. The van der Waals surface area contributed by atoms with Crippen molar-refractivity contribution >= 4 is 21.4 Å². The number of halogens is 1. The molecule has 3 N–H and O–H groups in total. The fraction of sp³-hybridized carbons (Fsp3) is 0.0769. The van der Waals surface area contributed by atoms with Gasteiger partial charge in [0.2, 0.25) is 0 Å². The lowest BCUT2D eigenvalue weighted by Gasteiger charge is -2.12. The highest BCUT2D eigenvalue weighted by atomic mass is 32.1. The molecule has 0 amide bonds. The van der Waals surface area contributed by atoms with E-state index in [2.05, 4.69) is 15.4 Å². The summed E-state index contributed by atoms with van der Waals surface area (Å²) in [6.07, 6.45) is 4.89. The molecule has 96 valence electrons. The number of hydrogen-bond acceptors (Lipinski definition) is 5. The highest BCUT2D eigenvalue weighted by molar-refractivity contribution is 7.19. The quantitative estimate of drug-likeness (QED) is 0.568. The molecule has 19 heavy (non-hydrogen) atoms. The molecule has 1 atom stereocenters. The van der Waals surface area contributed by atoms with Crippen LogP contribution in [-0.2, 0) is 0 Å². The second kappa shape index (κ2) is 5.00. The van der Waals surface area contributed by atoms with Crippen LogP contribution in [0.5, 0.6) is 0 Å². The molecule has 0 saturated heterocycles. The van der Waals surface area contributed by atoms with Crippen molar-refractivity contribution in [1.29, 1.82) is 0 Å². The molecule has 2 aromatic heterocycles. The summed E-state index contributed by atoms with van der Waals surface area (Å²) in [5.74, 6) is 5.37. The highest BCUT2D eigenvalue weighted by Gasteiger charge is 2.16. The minimum atomic E-state index is -0.242. The van der Waals surface area contributed by atoms with Crippen LogP contribution in [0.4, 0.5) is 4.39 Å². The maximum Gasteiger partial charge on any atom is 0.124 e. The molecule has 0 radical (unpaired) electrons. The van der Waals surface area contributed by atoms with Crippen LogP contribution in [0, 0.1) is 5.82 Å². The number of nitrogens with two attached hydrogens (primary N) is 1. The van der Waals surface area contributed by atoms with E-state index in [1.807, 2.05) is 6.07 Å². The summed E-state index contributed by atoms with van der Waals surface area (Å²) in [4.78, 5) is 9.25. The van der Waals surface area contributed by atoms with Crippen molar-refractivity contribution < 1.29 is 4.39 Å². The Hall–Kier alpha value is -1.89. The molecular formula is C13H11FN4S. The summed E-state index contributed by atoms with van der Waals surface area (Å²) in [5.41, 5.74) is 3.46. The van der Waals surface area contributed by atoms with Crippen LogP contribution in [0.1, 0.15) is 16.6 Å². The molecule has 0 fully saturated rings. The number of nitrogens with one attached hydrogen (secondary N) is 1. The van der Waals surface area contributed by atoms with Crippen LogP contribution in [0.25, 0.3) is 10.1 Å². The van der Waals surface area contributed by atoms with E-state index >= 15 is 0 Å². The average Bonchev–Trinajstić information content (AvgIpc) is 2.83. The topological polar surface area (TPSA) is 63.8 Å². The maximum atomic E-state index is 13.2. The molecule has 4 nitrogen and oxygen atoms in total. The molecule has 0 bridgehead atoms. The highest BCUT2D eigenvalue weighted by Crippen LogP contribution is 2.32. The number of nitrogens with zero attached hydrogens (tertiary/aromatic N) is 2. The fourth-order valence-corrected chi connectivity index (χ4v) is 3.10. The van der Waals surface area contributed by atoms with Gasteiger partial charge in [-0.25, -0.2) is 9.82 Å². The van der Waals surface area contributed by atoms with Crippen molar-refractivity contribution in [3.63, 3.8) is 0 Å². The number of hydrazine groups is 1. The minimum absolute atomic E-state index is 0.238. The van der Waals surface area contributed by atoms with Crippen molar-refractivity contribution in [3.8, 4) is 0 Å². The van der Waals surface area contributed by atoms with Gasteiger partial charge < -0.3 is 0 Å². The number of thiophene rings is 1. The molecule has 0 spiro atoms. The lowest BCUT2D eigenvalue weighted by molar-refractivity contribution is 0.627. The molecule has 3 rings (SSSR count). The van der Waals surface area contributed by atoms with E-state index in [0.717, 1.165) is 20.7 Å². The number of hydrogen-bond donors (Lipinski definition) is 2. The van der Waals surface area contributed by atoms with E-state index in [0.29, 0.717) is 0 Å². The monoisotopic (exact) mass is 274 g/mol. The second-order valence-corrected chi connectivity index (χ2v) is 5.18. The van der Waals surface area contributed by atoms with Crippen LogP contribution < -0.4 is 11.3 Å². The van der Waals surface area contributed by atoms with Gasteiger partial charge in [-0.05, 0) is 23.6 Å². The predicted molar refractivity (Wildman–Crippen MR) is 73.0 cm³/mol. The third kappa shape index (κ3) is 2.33. The zero-order valence-electron chi connectivity index (χ0n) is 9.88. The Morgan fingerprint density at radius 1 is 1.26 bits per heavy atom. The fourth-order valence-electron chi connectivity index (χ4n) is 1.94. The van der Waals surface area contributed by atoms with Crippen LogP contribution in [-0.4, -0.2) is 9.97 Å². The molecule has 1 aromatic carbocycles. The van der Waals surface area contributed by atoms with Crippen molar-refractivity contribution in [3.05, 3.63) is 59.2 Å². The summed E-state index contributed by atoms with van der Waals surface area (Å²) in [6.45, 7) is 0. The summed E-state index contributed by atoms with van der Waals surface area (Å²) < 4.78 is 14.1. The van der Waals surface area contributed by atoms with Crippen LogP contribution >= 0.6 is 11.3 Å². The number of aromatic nitrogens is 2. The summed E-state index contributed by atoms with van der Waals surface area (Å²) in [5, 5.41) is 0.991. The van der Waals surface area contributed by atoms with E-state index in [1.54, 1.807) is 24.7 Å². The standard InChI is InChI=1S/C13H11FN4S/c14-9-2-1-8-5-12(19-11(8)6-9)13(18-15)10-7-16-3-4-17-10/h1-7,13,18H,15H2. The van der Waals surface area contributed by atoms with E-state index in [4.69, 9.17) is 5.84 Å². The largest absolute Gasteiger partial charge is 0.270 e. The van der Waals surface area contributed by atoms with Crippen LogP contribution in [0.2, 0.25) is 0 Å². The molecular weight excluding hydrogens is 263 g/mol. The lowest BCUT2D eigenvalue weighted by atomic mass is 10.1. The first kappa shape index (κ1) is 12.2. The Kier molecular flexibility index (Phi) is 3.20. The molecule has 1 unspecified atom stereocenters. The average molecular weight is 274 g/mol. The molecule has 0 aliphatic rings. The van der Waals surface area contributed by atoms with E-state index in [9.17, 15) is 4.39 Å². The first-order valence-electron chi connectivity index (χ1n) is 5.69. The lowest BCUT2D eigenvalue weighted by Crippen LogP contribution is -2.28. The first-order valence-corrected chi connectivity index (χ1v) is 6.50. The van der Waals surface area contributed by atoms with Crippen molar-refractivity contribution in [2.24, 2.45) is 5.84 Å². The van der Waals surface area contributed by atoms with E-state index in [1.165, 1.54) is 23.5 Å². The maximum absolute atomic E-state index is 13.2. The SMILES string of the molecule is NNC(c1cnccn1)c1cc2ccc(F)cc2s1. The minimum Gasteiger partial charge on any atom is -0.270 e. The third-order valence-electron chi connectivity index (χ3n) is 2.83. The Labute approximate surface area is 113 Å². The number of benzene rings is 1. The Balaban J connectivity index is 2.07. The van der Waals surface area contributed by atoms with Gasteiger partial charge in [-0.3, -0.25) is 15.8 Å². The Bertz CT molecular complexity index is 698. The Morgan fingerprint density at radius 2 is 2.16 bits per heavy atom. The normalized spacial score (nSPS) is 12.7.